The molecule has 130 valence electrons. The van der Waals surface area contributed by atoms with E-state index in [4.69, 9.17) is 0 Å². The average Bonchev–Trinajstić information content (AvgIpc) is 2.64. The highest BCUT2D eigenvalue weighted by Gasteiger charge is 2.28. The summed E-state index contributed by atoms with van der Waals surface area (Å²) in [6, 6.07) is 10.8. The summed E-state index contributed by atoms with van der Waals surface area (Å²) in [5.74, 6) is 0.0920. The van der Waals surface area contributed by atoms with Crippen LogP contribution in [-0.2, 0) is 16.1 Å². The molecular formula is C19H27N3O2. The number of piperidine rings is 2. The third-order valence-electron chi connectivity index (χ3n) is 5.16. The van der Waals surface area contributed by atoms with Gasteiger partial charge in [0.1, 0.15) is 0 Å². The van der Waals surface area contributed by atoms with Gasteiger partial charge in [0.05, 0.1) is 5.92 Å². The average molecular weight is 329 g/mol. The molecule has 3 rings (SSSR count). The van der Waals surface area contributed by atoms with E-state index < -0.39 is 0 Å². The van der Waals surface area contributed by atoms with Crippen LogP contribution >= 0.6 is 0 Å². The van der Waals surface area contributed by atoms with E-state index in [9.17, 15) is 9.59 Å². The minimum atomic E-state index is -0.0358. The smallest absolute Gasteiger partial charge is 0.225 e. The van der Waals surface area contributed by atoms with E-state index in [2.05, 4.69) is 34.5 Å². The van der Waals surface area contributed by atoms with Crippen molar-refractivity contribution in [2.24, 2.45) is 5.92 Å². The molecule has 1 unspecified atom stereocenters. The maximum absolute atomic E-state index is 12.4. The van der Waals surface area contributed by atoms with Crippen molar-refractivity contribution in [2.45, 2.75) is 38.3 Å². The van der Waals surface area contributed by atoms with Crippen LogP contribution in [0, 0.1) is 5.92 Å². The quantitative estimate of drug-likeness (QED) is 0.836. The molecule has 0 bridgehead atoms. The van der Waals surface area contributed by atoms with Crippen molar-refractivity contribution in [2.75, 3.05) is 26.2 Å². The van der Waals surface area contributed by atoms with E-state index in [1.807, 2.05) is 6.07 Å². The molecule has 2 fully saturated rings. The molecule has 1 aromatic rings. The zero-order valence-corrected chi connectivity index (χ0v) is 14.2. The van der Waals surface area contributed by atoms with Crippen LogP contribution in [0.3, 0.4) is 0 Å². The van der Waals surface area contributed by atoms with Crippen LogP contribution in [-0.4, -0.2) is 54.3 Å². The van der Waals surface area contributed by atoms with Crippen LogP contribution in [0.15, 0.2) is 30.3 Å². The minimum Gasteiger partial charge on any atom is -0.353 e. The van der Waals surface area contributed by atoms with Gasteiger partial charge in [-0.3, -0.25) is 14.5 Å². The Labute approximate surface area is 144 Å². The molecule has 0 aliphatic carbocycles. The molecule has 0 spiro atoms. The second-order valence-electron chi connectivity index (χ2n) is 6.98. The summed E-state index contributed by atoms with van der Waals surface area (Å²) in [6.45, 7) is 4.38. The van der Waals surface area contributed by atoms with Crippen molar-refractivity contribution in [1.82, 2.24) is 15.1 Å². The Hall–Kier alpha value is -1.88. The number of rotatable bonds is 5. The first-order valence-corrected chi connectivity index (χ1v) is 9.00. The molecule has 2 heterocycles. The molecule has 1 N–H and O–H groups in total. The van der Waals surface area contributed by atoms with Crippen LogP contribution in [0.5, 0.6) is 0 Å². The highest BCUT2D eigenvalue weighted by atomic mass is 16.2. The molecule has 1 aromatic carbocycles. The topological polar surface area (TPSA) is 52.7 Å². The van der Waals surface area contributed by atoms with Gasteiger partial charge in [-0.05, 0) is 31.2 Å². The number of nitrogens with zero attached hydrogens (tertiary/aromatic N) is 2. The molecule has 0 saturated carbocycles. The van der Waals surface area contributed by atoms with Gasteiger partial charge in [-0.25, -0.2) is 0 Å². The van der Waals surface area contributed by atoms with Crippen molar-refractivity contribution < 1.29 is 9.59 Å². The fourth-order valence-corrected chi connectivity index (χ4v) is 3.71. The summed E-state index contributed by atoms with van der Waals surface area (Å²) in [4.78, 5) is 27.5. The van der Waals surface area contributed by atoms with Gasteiger partial charge in [-0.15, -0.1) is 0 Å². The van der Waals surface area contributed by atoms with Gasteiger partial charge < -0.3 is 10.2 Å². The lowest BCUT2D eigenvalue weighted by Crippen LogP contribution is -2.49. The Balaban J connectivity index is 1.42. The number of amides is 2. The van der Waals surface area contributed by atoms with Gasteiger partial charge >= 0.3 is 0 Å². The molecule has 2 amide bonds. The molecular weight excluding hydrogens is 302 g/mol. The predicted molar refractivity (Wildman–Crippen MR) is 93.2 cm³/mol. The Morgan fingerprint density at radius 2 is 1.88 bits per heavy atom. The van der Waals surface area contributed by atoms with Crippen molar-refractivity contribution in [3.05, 3.63) is 35.9 Å². The van der Waals surface area contributed by atoms with Crippen LogP contribution in [0.4, 0.5) is 0 Å². The fourth-order valence-electron chi connectivity index (χ4n) is 3.71. The van der Waals surface area contributed by atoms with Gasteiger partial charge in [0.2, 0.25) is 12.3 Å². The van der Waals surface area contributed by atoms with Crippen LogP contribution < -0.4 is 5.32 Å². The summed E-state index contributed by atoms with van der Waals surface area (Å²) >= 11 is 0. The number of nitrogens with one attached hydrogen (secondary N) is 1. The second-order valence-corrected chi connectivity index (χ2v) is 6.98. The lowest BCUT2D eigenvalue weighted by Gasteiger charge is -2.34. The number of carbonyl (C=O) groups excluding carboxylic acids is 2. The molecule has 0 radical (unpaired) electrons. The second kappa shape index (κ2) is 8.29. The van der Waals surface area contributed by atoms with Crippen molar-refractivity contribution >= 4 is 12.3 Å². The first-order chi connectivity index (χ1) is 11.7. The van der Waals surface area contributed by atoms with Crippen molar-refractivity contribution in [3.63, 3.8) is 0 Å². The van der Waals surface area contributed by atoms with Gasteiger partial charge in [0.25, 0.3) is 0 Å². The Kier molecular flexibility index (Phi) is 5.86. The summed E-state index contributed by atoms with van der Waals surface area (Å²) in [5, 5.41) is 3.21. The number of benzene rings is 1. The largest absolute Gasteiger partial charge is 0.353 e. The molecule has 2 aliphatic rings. The van der Waals surface area contributed by atoms with Gasteiger partial charge in [0.15, 0.2) is 0 Å². The van der Waals surface area contributed by atoms with E-state index in [-0.39, 0.29) is 17.9 Å². The van der Waals surface area contributed by atoms with E-state index in [0.717, 1.165) is 58.3 Å². The van der Waals surface area contributed by atoms with E-state index in [0.29, 0.717) is 6.54 Å². The Morgan fingerprint density at radius 3 is 2.58 bits per heavy atom. The lowest BCUT2D eigenvalue weighted by molar-refractivity contribution is -0.129. The number of likely N-dealkylation sites (tertiary alicyclic amines) is 2. The van der Waals surface area contributed by atoms with Crippen LogP contribution in [0.2, 0.25) is 0 Å². The Morgan fingerprint density at radius 1 is 1.12 bits per heavy atom. The third-order valence-corrected chi connectivity index (χ3v) is 5.16. The summed E-state index contributed by atoms with van der Waals surface area (Å²) in [7, 11) is 0. The van der Waals surface area contributed by atoms with Crippen molar-refractivity contribution in [3.8, 4) is 0 Å². The SMILES string of the molecule is O=CN1CCCC(C(=O)NC2CCN(Cc3ccccc3)CC2)C1. The van der Waals surface area contributed by atoms with E-state index >= 15 is 0 Å². The first-order valence-electron chi connectivity index (χ1n) is 9.00. The van der Waals surface area contributed by atoms with Crippen molar-refractivity contribution in [1.29, 1.82) is 0 Å². The fraction of sp³-hybridized carbons (Fsp3) is 0.579. The highest BCUT2D eigenvalue weighted by Crippen LogP contribution is 2.18. The van der Waals surface area contributed by atoms with E-state index in [1.54, 1.807) is 4.90 Å². The third kappa shape index (κ3) is 4.57. The summed E-state index contributed by atoms with van der Waals surface area (Å²) in [6.07, 6.45) is 4.68. The first kappa shape index (κ1) is 17.0. The maximum atomic E-state index is 12.4. The zero-order valence-electron chi connectivity index (χ0n) is 14.2. The summed E-state index contributed by atoms with van der Waals surface area (Å²) in [5.41, 5.74) is 1.34. The van der Waals surface area contributed by atoms with Gasteiger partial charge in [0, 0.05) is 38.8 Å². The Bertz CT molecular complexity index is 541. The predicted octanol–water partition coefficient (Wildman–Crippen LogP) is 1.64. The van der Waals surface area contributed by atoms with Gasteiger partial charge in [-0.2, -0.15) is 0 Å². The molecule has 2 aliphatic heterocycles. The molecule has 2 saturated heterocycles. The summed E-state index contributed by atoms with van der Waals surface area (Å²) < 4.78 is 0. The lowest BCUT2D eigenvalue weighted by atomic mass is 9.96. The molecule has 24 heavy (non-hydrogen) atoms. The normalized spacial score (nSPS) is 23.0. The van der Waals surface area contributed by atoms with E-state index in [1.165, 1.54) is 5.56 Å². The highest BCUT2D eigenvalue weighted by molar-refractivity contribution is 5.79. The molecule has 5 nitrogen and oxygen atoms in total. The number of hydrogen-bond donors (Lipinski definition) is 1. The zero-order chi connectivity index (χ0) is 16.8. The monoisotopic (exact) mass is 329 g/mol. The minimum absolute atomic E-state index is 0.0358. The molecule has 0 aromatic heterocycles. The molecule has 1 atom stereocenters. The standard InChI is InChI=1S/C19H27N3O2/c23-15-22-10-4-7-17(14-22)19(24)20-18-8-11-21(12-9-18)13-16-5-2-1-3-6-16/h1-3,5-6,15,17-18H,4,7-14H2,(H,20,24). The number of hydrogen-bond acceptors (Lipinski definition) is 3. The maximum Gasteiger partial charge on any atom is 0.225 e. The van der Waals surface area contributed by atoms with Gasteiger partial charge in [-0.1, -0.05) is 30.3 Å². The number of carbonyl (C=O) groups is 2. The van der Waals surface area contributed by atoms with Crippen LogP contribution in [0.1, 0.15) is 31.2 Å². The van der Waals surface area contributed by atoms with Crippen LogP contribution in [0.25, 0.3) is 0 Å². The molecule has 5 heteroatoms.